The summed E-state index contributed by atoms with van der Waals surface area (Å²) in [5.41, 5.74) is 1.81. The van der Waals surface area contributed by atoms with Crippen LogP contribution in [0.5, 0.6) is 0 Å². The van der Waals surface area contributed by atoms with Crippen LogP contribution in [0.2, 0.25) is 0 Å². The van der Waals surface area contributed by atoms with Gasteiger partial charge in [-0.2, -0.15) is 9.50 Å². The lowest BCUT2D eigenvalue weighted by Crippen LogP contribution is -2.26. The second-order valence-electron chi connectivity index (χ2n) is 6.82. The Morgan fingerprint density at radius 1 is 1.04 bits per heavy atom. The summed E-state index contributed by atoms with van der Waals surface area (Å²) in [5.74, 6) is 0.961. The van der Waals surface area contributed by atoms with Crippen molar-refractivity contribution >= 4 is 11.7 Å². The van der Waals surface area contributed by atoms with Crippen LogP contribution in [0, 0.1) is 0 Å². The fraction of sp³-hybridized carbons (Fsp3) is 0.421. The Morgan fingerprint density at radius 2 is 1.81 bits per heavy atom. The number of benzene rings is 1. The van der Waals surface area contributed by atoms with Crippen molar-refractivity contribution in [3.8, 4) is 0 Å². The lowest BCUT2D eigenvalue weighted by molar-refractivity contribution is 0.273. The van der Waals surface area contributed by atoms with Crippen LogP contribution in [0.3, 0.4) is 0 Å². The topological polar surface area (TPSA) is 78.3 Å². The first kappa shape index (κ1) is 16.8. The lowest BCUT2D eigenvalue weighted by Gasteiger charge is -2.18. The fourth-order valence-electron chi connectivity index (χ4n) is 3.39. The van der Waals surface area contributed by atoms with Gasteiger partial charge in [-0.1, -0.05) is 43.2 Å². The molecular formula is C19H24N6O. The molecule has 2 aromatic heterocycles. The van der Waals surface area contributed by atoms with Gasteiger partial charge in [-0.15, -0.1) is 0 Å². The van der Waals surface area contributed by atoms with Crippen LogP contribution in [-0.4, -0.2) is 37.6 Å². The van der Waals surface area contributed by atoms with Gasteiger partial charge in [-0.3, -0.25) is 14.8 Å². The van der Waals surface area contributed by atoms with Crippen LogP contribution in [0.1, 0.15) is 36.9 Å². The number of H-pyrrole nitrogens is 1. The molecule has 136 valence electrons. The molecule has 0 bridgehead atoms. The van der Waals surface area contributed by atoms with E-state index in [9.17, 15) is 4.79 Å². The maximum absolute atomic E-state index is 12.4. The Balaban J connectivity index is 1.50. The zero-order chi connectivity index (χ0) is 17.8. The zero-order valence-corrected chi connectivity index (χ0v) is 14.8. The minimum Gasteiger partial charge on any atom is -0.351 e. The van der Waals surface area contributed by atoms with Crippen molar-refractivity contribution in [3.05, 3.63) is 58.0 Å². The highest BCUT2D eigenvalue weighted by Crippen LogP contribution is 2.12. The van der Waals surface area contributed by atoms with E-state index in [1.165, 1.54) is 30.2 Å². The summed E-state index contributed by atoms with van der Waals surface area (Å²) in [6.07, 6.45) is 5.03. The third-order valence-electron chi connectivity index (χ3n) is 4.77. The highest BCUT2D eigenvalue weighted by atomic mass is 16.1. The number of aromatic nitrogens is 4. The molecule has 3 heterocycles. The highest BCUT2D eigenvalue weighted by Gasteiger charge is 2.13. The smallest absolute Gasteiger partial charge is 0.274 e. The Kier molecular flexibility index (Phi) is 4.97. The van der Waals surface area contributed by atoms with Gasteiger partial charge in [-0.05, 0) is 31.5 Å². The first-order valence-corrected chi connectivity index (χ1v) is 9.27. The zero-order valence-electron chi connectivity index (χ0n) is 14.8. The van der Waals surface area contributed by atoms with Gasteiger partial charge in [0.15, 0.2) is 0 Å². The van der Waals surface area contributed by atoms with Gasteiger partial charge in [0.25, 0.3) is 11.3 Å². The van der Waals surface area contributed by atoms with Crippen molar-refractivity contribution in [1.82, 2.24) is 24.5 Å². The maximum atomic E-state index is 12.4. The van der Waals surface area contributed by atoms with Gasteiger partial charge in [0.05, 0.1) is 5.69 Å². The molecule has 1 fully saturated rings. The van der Waals surface area contributed by atoms with Gasteiger partial charge < -0.3 is 5.32 Å². The average Bonchev–Trinajstić information content (AvgIpc) is 2.90. The van der Waals surface area contributed by atoms with Gasteiger partial charge in [-0.25, -0.2) is 4.98 Å². The van der Waals surface area contributed by atoms with Crippen LogP contribution in [0.15, 0.2) is 41.2 Å². The standard InChI is InChI=1S/C19H24N6O/c26-17-12-16(14-24-10-6-1-2-7-11-24)21-19-22-18(23-25(17)19)20-13-15-8-4-3-5-9-15/h3-5,8-9,12H,1-2,6-7,10-11,13-14H2,(H2,20,21,22,23). The second kappa shape index (κ2) is 7.70. The molecule has 0 unspecified atom stereocenters. The maximum Gasteiger partial charge on any atom is 0.274 e. The first-order chi connectivity index (χ1) is 12.8. The molecule has 4 rings (SSSR count). The van der Waals surface area contributed by atoms with Gasteiger partial charge in [0.1, 0.15) is 0 Å². The number of hydrogen-bond donors (Lipinski definition) is 2. The minimum atomic E-state index is -0.125. The fourth-order valence-corrected chi connectivity index (χ4v) is 3.39. The first-order valence-electron chi connectivity index (χ1n) is 9.27. The van der Waals surface area contributed by atoms with Crippen molar-refractivity contribution in [2.75, 3.05) is 18.4 Å². The normalized spacial score (nSPS) is 15.8. The van der Waals surface area contributed by atoms with Crippen molar-refractivity contribution in [1.29, 1.82) is 0 Å². The number of rotatable bonds is 5. The van der Waals surface area contributed by atoms with Gasteiger partial charge in [0.2, 0.25) is 5.95 Å². The summed E-state index contributed by atoms with van der Waals surface area (Å²) in [4.78, 5) is 23.8. The van der Waals surface area contributed by atoms with Gasteiger partial charge >= 0.3 is 0 Å². The molecule has 0 spiro atoms. The van der Waals surface area contributed by atoms with E-state index in [4.69, 9.17) is 0 Å². The largest absolute Gasteiger partial charge is 0.351 e. The second-order valence-corrected chi connectivity index (χ2v) is 6.82. The minimum absolute atomic E-state index is 0.125. The van der Waals surface area contributed by atoms with E-state index in [-0.39, 0.29) is 5.56 Å². The lowest BCUT2D eigenvalue weighted by atomic mass is 10.2. The number of anilines is 1. The molecule has 0 atom stereocenters. The molecule has 0 amide bonds. The quantitative estimate of drug-likeness (QED) is 0.737. The monoisotopic (exact) mass is 352 g/mol. The summed E-state index contributed by atoms with van der Waals surface area (Å²) in [6.45, 7) is 3.50. The van der Waals surface area contributed by atoms with Crippen molar-refractivity contribution in [2.45, 2.75) is 38.8 Å². The van der Waals surface area contributed by atoms with E-state index < -0.39 is 0 Å². The Hall–Kier alpha value is -2.67. The van der Waals surface area contributed by atoms with Crippen LogP contribution < -0.4 is 10.9 Å². The van der Waals surface area contributed by atoms with E-state index in [2.05, 4.69) is 25.3 Å². The van der Waals surface area contributed by atoms with E-state index >= 15 is 0 Å². The molecule has 1 saturated heterocycles. The predicted octanol–water partition coefficient (Wildman–Crippen LogP) is 2.41. The van der Waals surface area contributed by atoms with Crippen molar-refractivity contribution < 1.29 is 0 Å². The molecule has 7 nitrogen and oxygen atoms in total. The van der Waals surface area contributed by atoms with E-state index in [0.29, 0.717) is 24.8 Å². The van der Waals surface area contributed by atoms with E-state index in [1.807, 2.05) is 30.3 Å². The molecule has 7 heteroatoms. The Labute approximate surface area is 152 Å². The summed E-state index contributed by atoms with van der Waals surface area (Å²) in [6, 6.07) is 11.7. The molecule has 1 aliphatic rings. The van der Waals surface area contributed by atoms with Crippen molar-refractivity contribution in [3.63, 3.8) is 0 Å². The summed E-state index contributed by atoms with van der Waals surface area (Å²) in [7, 11) is 0. The van der Waals surface area contributed by atoms with Crippen LogP contribution in [0.4, 0.5) is 5.95 Å². The average molecular weight is 352 g/mol. The van der Waals surface area contributed by atoms with Crippen LogP contribution in [0.25, 0.3) is 5.78 Å². The molecule has 0 aliphatic carbocycles. The highest BCUT2D eigenvalue weighted by molar-refractivity contribution is 5.37. The summed E-state index contributed by atoms with van der Waals surface area (Å²) < 4.78 is 1.39. The van der Waals surface area contributed by atoms with Crippen LogP contribution in [-0.2, 0) is 13.1 Å². The molecule has 1 aromatic carbocycles. The molecule has 26 heavy (non-hydrogen) atoms. The number of nitrogens with zero attached hydrogens (tertiary/aromatic N) is 4. The third kappa shape index (κ3) is 3.94. The molecule has 2 N–H and O–H groups in total. The molecule has 0 radical (unpaired) electrons. The molecular weight excluding hydrogens is 328 g/mol. The predicted molar refractivity (Wildman–Crippen MR) is 101 cm³/mol. The number of hydrogen-bond acceptors (Lipinski definition) is 5. The number of nitrogens with one attached hydrogen (secondary N) is 2. The number of likely N-dealkylation sites (tertiary alicyclic amines) is 1. The Bertz CT molecular complexity index is 909. The SMILES string of the molecule is O=c1cc(CN2CCCCCC2)nc2nc(NCc3ccccc3)[nH]n12. The van der Waals surface area contributed by atoms with E-state index in [0.717, 1.165) is 24.3 Å². The molecule has 3 aromatic rings. The van der Waals surface area contributed by atoms with Crippen molar-refractivity contribution in [2.24, 2.45) is 0 Å². The summed E-state index contributed by atoms with van der Waals surface area (Å²) >= 11 is 0. The number of fused-ring (bicyclic) bond motifs is 1. The third-order valence-corrected chi connectivity index (χ3v) is 4.77. The molecule has 1 aliphatic heterocycles. The molecule has 0 saturated carbocycles. The van der Waals surface area contributed by atoms with E-state index in [1.54, 1.807) is 6.07 Å². The van der Waals surface area contributed by atoms with Gasteiger partial charge in [0, 0.05) is 19.2 Å². The Morgan fingerprint density at radius 3 is 2.58 bits per heavy atom. The van der Waals surface area contributed by atoms with Crippen LogP contribution >= 0.6 is 0 Å². The summed E-state index contributed by atoms with van der Waals surface area (Å²) in [5, 5.41) is 6.19. The number of aromatic amines is 1.